The summed E-state index contributed by atoms with van der Waals surface area (Å²) in [6.07, 6.45) is 2.08. The molecule has 4 aromatic rings. The minimum absolute atomic E-state index is 0.767. The Morgan fingerprint density at radius 2 is 1.62 bits per heavy atom. The highest BCUT2D eigenvalue weighted by Gasteiger charge is 2.17. The smallest absolute Gasteiger partial charge is 0.156 e. The molecule has 4 heteroatoms. The van der Waals surface area contributed by atoms with Crippen LogP contribution >= 0.6 is 0 Å². The number of nitrogens with zero attached hydrogens (tertiary/aromatic N) is 2. The molecule has 0 saturated heterocycles. The van der Waals surface area contributed by atoms with Gasteiger partial charge in [-0.15, -0.1) is 0 Å². The predicted molar refractivity (Wildman–Crippen MR) is 96.8 cm³/mol. The van der Waals surface area contributed by atoms with Crippen molar-refractivity contribution in [2.24, 2.45) is 0 Å². The van der Waals surface area contributed by atoms with Gasteiger partial charge in [-0.3, -0.25) is 4.40 Å². The Hall–Kier alpha value is -3.01. The Morgan fingerprint density at radius 1 is 0.875 bits per heavy atom. The average molecular weight is 317 g/mol. The van der Waals surface area contributed by atoms with Gasteiger partial charge in [0.15, 0.2) is 5.76 Å². The molecule has 3 heterocycles. The van der Waals surface area contributed by atoms with Crippen LogP contribution in [0.1, 0.15) is 16.9 Å². The number of rotatable bonds is 3. The van der Waals surface area contributed by atoms with Crippen LogP contribution in [-0.4, -0.2) is 9.38 Å². The van der Waals surface area contributed by atoms with Gasteiger partial charge in [0.1, 0.15) is 22.9 Å². The van der Waals surface area contributed by atoms with Gasteiger partial charge >= 0.3 is 0 Å². The molecule has 0 aliphatic heterocycles. The van der Waals surface area contributed by atoms with Crippen molar-refractivity contribution in [1.29, 1.82) is 0 Å². The van der Waals surface area contributed by atoms with Crippen molar-refractivity contribution in [3.63, 3.8) is 0 Å². The second-order valence-electron chi connectivity index (χ2n) is 6.14. The third-order valence-corrected chi connectivity index (χ3v) is 4.05. The molecule has 0 fully saturated rings. The number of hydrogen-bond acceptors (Lipinski definition) is 3. The lowest BCUT2D eigenvalue weighted by molar-refractivity contribution is 0.547. The first-order valence-corrected chi connectivity index (χ1v) is 7.99. The summed E-state index contributed by atoms with van der Waals surface area (Å²) >= 11 is 0. The van der Waals surface area contributed by atoms with Crippen molar-refractivity contribution >= 4 is 17.2 Å². The summed E-state index contributed by atoms with van der Waals surface area (Å²) < 4.78 is 7.88. The number of fused-ring (bicyclic) bond motifs is 1. The fourth-order valence-electron chi connectivity index (χ4n) is 2.78. The second kappa shape index (κ2) is 5.57. The van der Waals surface area contributed by atoms with Crippen LogP contribution in [0.5, 0.6) is 0 Å². The molecule has 4 rings (SSSR count). The van der Waals surface area contributed by atoms with Crippen LogP contribution in [0.25, 0.3) is 17.1 Å². The predicted octanol–water partition coefficient (Wildman–Crippen LogP) is 5.26. The van der Waals surface area contributed by atoms with E-state index in [4.69, 9.17) is 9.40 Å². The van der Waals surface area contributed by atoms with Crippen LogP contribution in [0.2, 0.25) is 0 Å². The minimum Gasteiger partial charge on any atom is -0.460 e. The first-order valence-electron chi connectivity index (χ1n) is 7.99. The number of furan rings is 1. The van der Waals surface area contributed by atoms with E-state index < -0.39 is 0 Å². The van der Waals surface area contributed by atoms with E-state index in [9.17, 15) is 0 Å². The zero-order valence-corrected chi connectivity index (χ0v) is 14.0. The van der Waals surface area contributed by atoms with Crippen molar-refractivity contribution in [3.05, 3.63) is 71.6 Å². The lowest BCUT2D eigenvalue weighted by Crippen LogP contribution is -1.97. The van der Waals surface area contributed by atoms with Crippen LogP contribution in [0.4, 0.5) is 11.5 Å². The number of nitrogens with one attached hydrogen (secondary N) is 1. The molecule has 4 nitrogen and oxygen atoms in total. The molecule has 0 atom stereocenters. The number of aryl methyl sites for hydroxylation is 3. The topological polar surface area (TPSA) is 42.5 Å². The van der Waals surface area contributed by atoms with Gasteiger partial charge in [-0.2, -0.15) is 0 Å². The fourth-order valence-corrected chi connectivity index (χ4v) is 2.78. The van der Waals surface area contributed by atoms with Crippen molar-refractivity contribution in [2.75, 3.05) is 5.32 Å². The first-order chi connectivity index (χ1) is 11.6. The Bertz CT molecular complexity index is 1010. The van der Waals surface area contributed by atoms with E-state index in [2.05, 4.69) is 60.1 Å². The number of pyridine rings is 1. The van der Waals surface area contributed by atoms with E-state index in [1.807, 2.05) is 25.1 Å². The summed E-state index contributed by atoms with van der Waals surface area (Å²) in [6.45, 7) is 6.10. The Kier molecular flexibility index (Phi) is 3.38. The summed E-state index contributed by atoms with van der Waals surface area (Å²) in [5.74, 6) is 2.55. The van der Waals surface area contributed by atoms with Crippen LogP contribution in [-0.2, 0) is 0 Å². The lowest BCUT2D eigenvalue weighted by Gasteiger charge is -2.09. The summed E-state index contributed by atoms with van der Waals surface area (Å²) in [5.41, 5.74) is 5.13. The van der Waals surface area contributed by atoms with Crippen LogP contribution in [0, 0.1) is 20.8 Å². The average Bonchev–Trinajstić information content (AvgIpc) is 3.14. The molecule has 120 valence electrons. The second-order valence-corrected chi connectivity index (χ2v) is 6.14. The zero-order valence-electron chi connectivity index (χ0n) is 14.0. The number of anilines is 2. The van der Waals surface area contributed by atoms with E-state index in [-0.39, 0.29) is 0 Å². The summed E-state index contributed by atoms with van der Waals surface area (Å²) in [7, 11) is 0. The lowest BCUT2D eigenvalue weighted by atomic mass is 10.2. The maximum atomic E-state index is 5.81. The Morgan fingerprint density at radius 3 is 2.33 bits per heavy atom. The van der Waals surface area contributed by atoms with Gasteiger partial charge in [0.2, 0.25) is 0 Å². The molecule has 3 aromatic heterocycles. The molecule has 0 bridgehead atoms. The number of aromatic nitrogens is 2. The van der Waals surface area contributed by atoms with Gasteiger partial charge in [-0.1, -0.05) is 23.8 Å². The van der Waals surface area contributed by atoms with Gasteiger partial charge in [-0.25, -0.2) is 4.98 Å². The third kappa shape index (κ3) is 2.56. The zero-order chi connectivity index (χ0) is 16.7. The van der Waals surface area contributed by atoms with Gasteiger partial charge in [-0.05, 0) is 56.7 Å². The normalized spacial score (nSPS) is 11.1. The molecule has 0 saturated carbocycles. The molecular formula is C20H19N3O. The van der Waals surface area contributed by atoms with Crippen LogP contribution in [0.15, 0.2) is 59.1 Å². The van der Waals surface area contributed by atoms with E-state index in [0.29, 0.717) is 0 Å². The molecule has 0 aliphatic rings. The van der Waals surface area contributed by atoms with Crippen LogP contribution in [0.3, 0.4) is 0 Å². The standard InChI is InChI=1S/C20H19N3O/c1-13-4-8-16(9-5-13)21-20-19(17-10-7-15(3)24-17)22-18-11-6-14(2)12-23(18)20/h4-12,21H,1-3H3. The van der Waals surface area contributed by atoms with Crippen molar-refractivity contribution in [2.45, 2.75) is 20.8 Å². The van der Waals surface area contributed by atoms with Gasteiger partial charge in [0.25, 0.3) is 0 Å². The van der Waals surface area contributed by atoms with Gasteiger partial charge in [0, 0.05) is 11.9 Å². The quantitative estimate of drug-likeness (QED) is 0.560. The molecule has 0 amide bonds. The third-order valence-electron chi connectivity index (χ3n) is 4.05. The number of benzene rings is 1. The molecular weight excluding hydrogens is 298 g/mol. The first kappa shape index (κ1) is 14.6. The van der Waals surface area contributed by atoms with Crippen LogP contribution < -0.4 is 5.32 Å². The minimum atomic E-state index is 0.767. The number of imidazole rings is 1. The molecule has 0 unspecified atom stereocenters. The Labute approximate surface area is 140 Å². The summed E-state index contributed by atoms with van der Waals surface area (Å²) in [5, 5.41) is 3.50. The van der Waals surface area contributed by atoms with Crippen molar-refractivity contribution in [1.82, 2.24) is 9.38 Å². The number of hydrogen-bond donors (Lipinski definition) is 1. The maximum Gasteiger partial charge on any atom is 0.156 e. The fraction of sp³-hybridized carbons (Fsp3) is 0.150. The summed E-state index contributed by atoms with van der Waals surface area (Å²) in [6, 6.07) is 16.3. The van der Waals surface area contributed by atoms with E-state index in [1.165, 1.54) is 11.1 Å². The molecule has 1 N–H and O–H groups in total. The largest absolute Gasteiger partial charge is 0.460 e. The van der Waals surface area contributed by atoms with E-state index in [1.54, 1.807) is 0 Å². The van der Waals surface area contributed by atoms with E-state index in [0.717, 1.165) is 34.4 Å². The molecule has 0 spiro atoms. The van der Waals surface area contributed by atoms with E-state index >= 15 is 0 Å². The van der Waals surface area contributed by atoms with Gasteiger partial charge in [0.05, 0.1) is 0 Å². The highest BCUT2D eigenvalue weighted by molar-refractivity contribution is 5.77. The highest BCUT2D eigenvalue weighted by atomic mass is 16.3. The molecule has 1 aromatic carbocycles. The summed E-state index contributed by atoms with van der Waals surface area (Å²) in [4.78, 5) is 4.76. The molecule has 24 heavy (non-hydrogen) atoms. The molecule has 0 aliphatic carbocycles. The Balaban J connectivity index is 1.89. The van der Waals surface area contributed by atoms with Gasteiger partial charge < -0.3 is 9.73 Å². The molecule has 0 radical (unpaired) electrons. The van der Waals surface area contributed by atoms with Crippen molar-refractivity contribution in [3.8, 4) is 11.5 Å². The maximum absolute atomic E-state index is 5.81. The highest BCUT2D eigenvalue weighted by Crippen LogP contribution is 2.32. The van der Waals surface area contributed by atoms with Crippen molar-refractivity contribution < 1.29 is 4.42 Å². The monoisotopic (exact) mass is 317 g/mol. The SMILES string of the molecule is Cc1ccc(Nc2c(-c3ccc(C)o3)nc3ccc(C)cn23)cc1.